The van der Waals surface area contributed by atoms with Crippen molar-refractivity contribution in [3.8, 4) is 0 Å². The summed E-state index contributed by atoms with van der Waals surface area (Å²) in [6, 6.07) is 9.44. The van der Waals surface area contributed by atoms with E-state index in [1.54, 1.807) is 11.8 Å². The van der Waals surface area contributed by atoms with Crippen molar-refractivity contribution in [2.75, 3.05) is 13.3 Å². The van der Waals surface area contributed by atoms with Crippen LogP contribution in [0.15, 0.2) is 29.2 Å². The van der Waals surface area contributed by atoms with Gasteiger partial charge in [0.15, 0.2) is 0 Å². The van der Waals surface area contributed by atoms with Crippen LogP contribution in [0.1, 0.15) is 44.7 Å². The summed E-state index contributed by atoms with van der Waals surface area (Å²) in [6.45, 7) is 4.61. The van der Waals surface area contributed by atoms with Crippen molar-refractivity contribution >= 4 is 11.8 Å². The van der Waals surface area contributed by atoms with Crippen LogP contribution in [0.2, 0.25) is 0 Å². The Kier molecular flexibility index (Phi) is 6.68. The number of thioether (sulfide) groups is 1. The molecule has 1 aromatic rings. The molecule has 2 heteroatoms. The van der Waals surface area contributed by atoms with Gasteiger partial charge in [-0.05, 0) is 43.3 Å². The molecule has 1 nitrogen and oxygen atoms in total. The van der Waals surface area contributed by atoms with E-state index in [1.807, 2.05) is 0 Å². The van der Waals surface area contributed by atoms with Crippen LogP contribution in [-0.4, -0.2) is 13.3 Å². The van der Waals surface area contributed by atoms with Gasteiger partial charge >= 0.3 is 0 Å². The van der Waals surface area contributed by atoms with E-state index in [0.29, 0.717) is 6.04 Å². The number of nitrogens with one attached hydrogen (secondary N) is 1. The molecular formula is C15H25NS. The van der Waals surface area contributed by atoms with E-state index >= 15 is 0 Å². The van der Waals surface area contributed by atoms with Crippen LogP contribution in [0.5, 0.6) is 0 Å². The number of hydrogen-bond donors (Lipinski definition) is 1. The highest BCUT2D eigenvalue weighted by Crippen LogP contribution is 2.25. The van der Waals surface area contributed by atoms with Crippen LogP contribution >= 0.6 is 11.8 Å². The van der Waals surface area contributed by atoms with E-state index in [1.165, 1.54) is 29.7 Å². The molecule has 0 heterocycles. The fraction of sp³-hybridized carbons (Fsp3) is 0.600. The highest BCUT2D eigenvalue weighted by molar-refractivity contribution is 7.98. The second-order valence-electron chi connectivity index (χ2n) is 4.74. The Balaban J connectivity index is 2.65. The van der Waals surface area contributed by atoms with Crippen molar-refractivity contribution in [3.05, 3.63) is 29.8 Å². The zero-order valence-corrected chi connectivity index (χ0v) is 12.3. The average molecular weight is 251 g/mol. The summed E-state index contributed by atoms with van der Waals surface area (Å²) in [5, 5.41) is 3.44. The van der Waals surface area contributed by atoms with Crippen LogP contribution in [-0.2, 0) is 0 Å². The van der Waals surface area contributed by atoms with Gasteiger partial charge in [-0.1, -0.05) is 38.8 Å². The van der Waals surface area contributed by atoms with Gasteiger partial charge in [0.05, 0.1) is 0 Å². The molecule has 0 fully saturated rings. The SMILES string of the molecule is CCCC(C)CC(NC)c1ccc(SC)cc1. The molecule has 0 aliphatic heterocycles. The maximum absolute atomic E-state index is 3.44. The van der Waals surface area contributed by atoms with E-state index in [4.69, 9.17) is 0 Å². The molecule has 0 amide bonds. The lowest BCUT2D eigenvalue weighted by Gasteiger charge is -2.21. The minimum Gasteiger partial charge on any atom is -0.313 e. The van der Waals surface area contributed by atoms with Crippen LogP contribution in [0.3, 0.4) is 0 Å². The molecule has 1 rings (SSSR count). The Labute approximate surface area is 110 Å². The quantitative estimate of drug-likeness (QED) is 0.716. The molecule has 0 saturated carbocycles. The first-order valence-electron chi connectivity index (χ1n) is 6.52. The summed E-state index contributed by atoms with van der Waals surface area (Å²) in [5.41, 5.74) is 1.41. The molecule has 0 aliphatic rings. The first-order chi connectivity index (χ1) is 8.21. The summed E-state index contributed by atoms with van der Waals surface area (Å²) < 4.78 is 0. The minimum atomic E-state index is 0.493. The molecule has 1 aromatic carbocycles. The predicted molar refractivity (Wildman–Crippen MR) is 78.7 cm³/mol. The Morgan fingerprint density at radius 1 is 1.24 bits per heavy atom. The van der Waals surface area contributed by atoms with Gasteiger partial charge in [0.25, 0.3) is 0 Å². The topological polar surface area (TPSA) is 12.0 Å². The third-order valence-electron chi connectivity index (χ3n) is 3.29. The van der Waals surface area contributed by atoms with Gasteiger partial charge in [-0.3, -0.25) is 0 Å². The van der Waals surface area contributed by atoms with Crippen molar-refractivity contribution in [2.45, 2.75) is 44.0 Å². The Morgan fingerprint density at radius 2 is 1.88 bits per heavy atom. The third kappa shape index (κ3) is 4.72. The monoisotopic (exact) mass is 251 g/mol. The zero-order valence-electron chi connectivity index (χ0n) is 11.5. The van der Waals surface area contributed by atoms with Gasteiger partial charge < -0.3 is 5.32 Å². The molecule has 17 heavy (non-hydrogen) atoms. The maximum atomic E-state index is 3.44. The van der Waals surface area contributed by atoms with E-state index in [-0.39, 0.29) is 0 Å². The summed E-state index contributed by atoms with van der Waals surface area (Å²) in [7, 11) is 2.06. The molecule has 0 radical (unpaired) electrons. The Morgan fingerprint density at radius 3 is 2.35 bits per heavy atom. The van der Waals surface area contributed by atoms with Crippen LogP contribution < -0.4 is 5.32 Å². The second-order valence-corrected chi connectivity index (χ2v) is 5.62. The largest absolute Gasteiger partial charge is 0.313 e. The number of rotatable bonds is 7. The van der Waals surface area contributed by atoms with Gasteiger partial charge in [0.2, 0.25) is 0 Å². The van der Waals surface area contributed by atoms with Crippen molar-refractivity contribution in [3.63, 3.8) is 0 Å². The Bertz CT molecular complexity index is 307. The van der Waals surface area contributed by atoms with Crippen LogP contribution in [0, 0.1) is 5.92 Å². The summed E-state index contributed by atoms with van der Waals surface area (Å²) in [4.78, 5) is 1.34. The van der Waals surface area contributed by atoms with Crippen molar-refractivity contribution in [1.29, 1.82) is 0 Å². The number of hydrogen-bond acceptors (Lipinski definition) is 2. The van der Waals surface area contributed by atoms with Crippen molar-refractivity contribution in [1.82, 2.24) is 5.32 Å². The molecule has 1 N–H and O–H groups in total. The summed E-state index contributed by atoms with van der Waals surface area (Å²) in [6.07, 6.45) is 5.95. The van der Waals surface area contributed by atoms with E-state index in [0.717, 1.165) is 5.92 Å². The van der Waals surface area contributed by atoms with Gasteiger partial charge in [0.1, 0.15) is 0 Å². The van der Waals surface area contributed by atoms with Gasteiger partial charge in [-0.15, -0.1) is 11.8 Å². The summed E-state index contributed by atoms with van der Waals surface area (Å²) >= 11 is 1.80. The molecule has 0 saturated heterocycles. The lowest BCUT2D eigenvalue weighted by atomic mass is 9.93. The second kappa shape index (κ2) is 7.78. The molecule has 2 atom stereocenters. The normalized spacial score (nSPS) is 14.6. The van der Waals surface area contributed by atoms with Crippen molar-refractivity contribution in [2.24, 2.45) is 5.92 Å². The molecule has 0 aliphatic carbocycles. The molecule has 2 unspecified atom stereocenters. The van der Waals surface area contributed by atoms with Crippen LogP contribution in [0.25, 0.3) is 0 Å². The first-order valence-corrected chi connectivity index (χ1v) is 7.75. The lowest BCUT2D eigenvalue weighted by molar-refractivity contribution is 0.407. The molecular weight excluding hydrogens is 226 g/mol. The lowest BCUT2D eigenvalue weighted by Crippen LogP contribution is -2.19. The number of benzene rings is 1. The standard InChI is InChI=1S/C15H25NS/c1-5-6-12(2)11-15(16-3)13-7-9-14(17-4)10-8-13/h7-10,12,15-16H,5-6,11H2,1-4H3. The van der Waals surface area contributed by atoms with E-state index in [2.05, 4.69) is 56.7 Å². The molecule has 0 aromatic heterocycles. The highest BCUT2D eigenvalue weighted by Gasteiger charge is 2.12. The fourth-order valence-electron chi connectivity index (χ4n) is 2.27. The Hall–Kier alpha value is -0.470. The van der Waals surface area contributed by atoms with Gasteiger partial charge in [-0.25, -0.2) is 0 Å². The van der Waals surface area contributed by atoms with Crippen LogP contribution in [0.4, 0.5) is 0 Å². The third-order valence-corrected chi connectivity index (χ3v) is 4.03. The molecule has 0 bridgehead atoms. The van der Waals surface area contributed by atoms with E-state index in [9.17, 15) is 0 Å². The highest BCUT2D eigenvalue weighted by atomic mass is 32.2. The minimum absolute atomic E-state index is 0.493. The average Bonchev–Trinajstić information content (AvgIpc) is 2.36. The predicted octanol–water partition coefficient (Wildman–Crippen LogP) is 4.50. The maximum Gasteiger partial charge on any atom is 0.0320 e. The summed E-state index contributed by atoms with van der Waals surface area (Å²) in [5.74, 6) is 0.790. The van der Waals surface area contributed by atoms with Gasteiger partial charge in [-0.2, -0.15) is 0 Å². The zero-order chi connectivity index (χ0) is 12.7. The van der Waals surface area contributed by atoms with Crippen molar-refractivity contribution < 1.29 is 0 Å². The molecule has 0 spiro atoms. The fourth-order valence-corrected chi connectivity index (χ4v) is 2.68. The first kappa shape index (κ1) is 14.6. The molecule has 96 valence electrons. The smallest absolute Gasteiger partial charge is 0.0320 e. The van der Waals surface area contributed by atoms with Gasteiger partial charge in [0, 0.05) is 10.9 Å². The van der Waals surface area contributed by atoms with E-state index < -0.39 is 0 Å².